The van der Waals surface area contributed by atoms with E-state index in [0.717, 1.165) is 27.7 Å². The van der Waals surface area contributed by atoms with Crippen molar-refractivity contribution in [3.05, 3.63) is 58.8 Å². The second kappa shape index (κ2) is 8.17. The maximum Gasteiger partial charge on any atom is 0.252 e. The molecule has 0 spiro atoms. The zero-order valence-electron chi connectivity index (χ0n) is 16.8. The topological polar surface area (TPSA) is 69.7 Å². The predicted octanol–water partition coefficient (Wildman–Crippen LogP) is 3.81. The molecule has 0 saturated heterocycles. The average molecular weight is 380 g/mol. The van der Waals surface area contributed by atoms with Crippen molar-refractivity contribution in [2.75, 3.05) is 21.3 Å². The van der Waals surface area contributed by atoms with Gasteiger partial charge in [-0.1, -0.05) is 11.6 Å². The number of nitrogens with zero attached hydrogens (tertiary/aromatic N) is 1. The molecular formula is C22H24N2O4. The van der Waals surface area contributed by atoms with E-state index in [1.54, 1.807) is 39.5 Å². The number of hydrogen-bond acceptors (Lipinski definition) is 5. The van der Waals surface area contributed by atoms with Crippen molar-refractivity contribution in [3.63, 3.8) is 0 Å². The SMILES string of the molecule is COc1cc(OC)c(CNC(=O)c2cc(C)nc3ccc(C)cc23)c(OC)c1. The van der Waals surface area contributed by atoms with Crippen LogP contribution >= 0.6 is 0 Å². The maximum atomic E-state index is 13.0. The van der Waals surface area contributed by atoms with E-state index < -0.39 is 0 Å². The number of carbonyl (C=O) groups is 1. The molecule has 0 fully saturated rings. The third kappa shape index (κ3) is 3.86. The molecule has 0 aliphatic rings. The lowest BCUT2D eigenvalue weighted by Gasteiger charge is -2.16. The van der Waals surface area contributed by atoms with E-state index >= 15 is 0 Å². The monoisotopic (exact) mass is 380 g/mol. The summed E-state index contributed by atoms with van der Waals surface area (Å²) in [5.74, 6) is 1.61. The first-order chi connectivity index (χ1) is 13.5. The minimum absolute atomic E-state index is 0.180. The van der Waals surface area contributed by atoms with Gasteiger partial charge in [-0.3, -0.25) is 9.78 Å². The molecule has 0 aliphatic carbocycles. The van der Waals surface area contributed by atoms with Gasteiger partial charge in [0.05, 0.1) is 44.5 Å². The van der Waals surface area contributed by atoms with Crippen LogP contribution in [0.25, 0.3) is 10.9 Å². The smallest absolute Gasteiger partial charge is 0.252 e. The quantitative estimate of drug-likeness (QED) is 0.704. The van der Waals surface area contributed by atoms with Crippen LogP contribution in [0, 0.1) is 13.8 Å². The van der Waals surface area contributed by atoms with Gasteiger partial charge in [-0.2, -0.15) is 0 Å². The van der Waals surface area contributed by atoms with Gasteiger partial charge < -0.3 is 19.5 Å². The van der Waals surface area contributed by atoms with Crippen LogP contribution in [-0.2, 0) is 6.54 Å². The number of pyridine rings is 1. The van der Waals surface area contributed by atoms with E-state index in [2.05, 4.69) is 10.3 Å². The highest BCUT2D eigenvalue weighted by atomic mass is 16.5. The summed E-state index contributed by atoms with van der Waals surface area (Å²) < 4.78 is 16.2. The van der Waals surface area contributed by atoms with Gasteiger partial charge in [-0.05, 0) is 32.0 Å². The van der Waals surface area contributed by atoms with Crippen LogP contribution in [0.5, 0.6) is 17.2 Å². The van der Waals surface area contributed by atoms with Crippen molar-refractivity contribution < 1.29 is 19.0 Å². The third-order valence-corrected chi connectivity index (χ3v) is 4.58. The third-order valence-electron chi connectivity index (χ3n) is 4.58. The summed E-state index contributed by atoms with van der Waals surface area (Å²) in [5.41, 5.74) is 4.00. The number of methoxy groups -OCH3 is 3. The van der Waals surface area contributed by atoms with Crippen LogP contribution in [-0.4, -0.2) is 32.2 Å². The maximum absolute atomic E-state index is 13.0. The van der Waals surface area contributed by atoms with Crippen molar-refractivity contribution in [2.24, 2.45) is 0 Å². The molecule has 1 aromatic heterocycles. The van der Waals surface area contributed by atoms with Crippen molar-refractivity contribution in [1.82, 2.24) is 10.3 Å². The molecule has 0 atom stereocenters. The zero-order chi connectivity index (χ0) is 20.3. The van der Waals surface area contributed by atoms with Crippen LogP contribution < -0.4 is 19.5 Å². The molecule has 6 nitrogen and oxygen atoms in total. The van der Waals surface area contributed by atoms with Gasteiger partial charge in [-0.15, -0.1) is 0 Å². The molecular weight excluding hydrogens is 356 g/mol. The zero-order valence-corrected chi connectivity index (χ0v) is 16.8. The standard InChI is InChI=1S/C22H24N2O4/c1-13-6-7-19-16(8-13)17(9-14(2)24-19)22(25)23-12-18-20(27-4)10-15(26-3)11-21(18)28-5/h6-11H,12H2,1-5H3,(H,23,25). The van der Waals surface area contributed by atoms with E-state index in [1.165, 1.54) is 0 Å². The second-order valence-electron chi connectivity index (χ2n) is 6.52. The summed E-state index contributed by atoms with van der Waals surface area (Å²) in [4.78, 5) is 17.5. The Hall–Kier alpha value is -3.28. The second-order valence-corrected chi connectivity index (χ2v) is 6.52. The lowest BCUT2D eigenvalue weighted by atomic mass is 10.0. The molecule has 0 unspecified atom stereocenters. The van der Waals surface area contributed by atoms with Crippen molar-refractivity contribution in [1.29, 1.82) is 0 Å². The number of aromatic nitrogens is 1. The molecule has 1 N–H and O–H groups in total. The molecule has 28 heavy (non-hydrogen) atoms. The van der Waals surface area contributed by atoms with Crippen LogP contribution in [0.15, 0.2) is 36.4 Å². The number of fused-ring (bicyclic) bond motifs is 1. The fraction of sp³-hybridized carbons (Fsp3) is 0.273. The van der Waals surface area contributed by atoms with E-state index in [1.807, 2.05) is 32.0 Å². The number of hydrogen-bond donors (Lipinski definition) is 1. The molecule has 0 radical (unpaired) electrons. The average Bonchev–Trinajstić information content (AvgIpc) is 2.70. The van der Waals surface area contributed by atoms with Gasteiger partial charge in [0.2, 0.25) is 0 Å². The van der Waals surface area contributed by atoms with Gasteiger partial charge in [0.1, 0.15) is 17.2 Å². The Morgan fingerprint density at radius 2 is 1.64 bits per heavy atom. The molecule has 146 valence electrons. The number of amides is 1. The predicted molar refractivity (Wildman–Crippen MR) is 108 cm³/mol. The van der Waals surface area contributed by atoms with Crippen LogP contribution in [0.3, 0.4) is 0 Å². The molecule has 1 amide bonds. The van der Waals surface area contributed by atoms with Gasteiger partial charge in [0.15, 0.2) is 0 Å². The fourth-order valence-electron chi connectivity index (χ4n) is 3.18. The first kappa shape index (κ1) is 19.5. The van der Waals surface area contributed by atoms with E-state index in [-0.39, 0.29) is 12.5 Å². The van der Waals surface area contributed by atoms with Crippen LogP contribution in [0.4, 0.5) is 0 Å². The number of ether oxygens (including phenoxy) is 3. The summed E-state index contributed by atoms with van der Waals surface area (Å²) in [6, 6.07) is 11.2. The molecule has 3 rings (SSSR count). The van der Waals surface area contributed by atoms with E-state index in [9.17, 15) is 4.79 Å². The van der Waals surface area contributed by atoms with Crippen molar-refractivity contribution in [3.8, 4) is 17.2 Å². The summed E-state index contributed by atoms with van der Waals surface area (Å²) in [6.07, 6.45) is 0. The molecule has 6 heteroatoms. The molecule has 0 bridgehead atoms. The highest BCUT2D eigenvalue weighted by molar-refractivity contribution is 6.06. The normalized spacial score (nSPS) is 10.6. The number of benzene rings is 2. The molecule has 1 heterocycles. The highest BCUT2D eigenvalue weighted by Crippen LogP contribution is 2.34. The molecule has 3 aromatic rings. The van der Waals surface area contributed by atoms with E-state index in [4.69, 9.17) is 14.2 Å². The number of aryl methyl sites for hydroxylation is 2. The van der Waals surface area contributed by atoms with Gasteiger partial charge >= 0.3 is 0 Å². The van der Waals surface area contributed by atoms with Crippen molar-refractivity contribution in [2.45, 2.75) is 20.4 Å². The highest BCUT2D eigenvalue weighted by Gasteiger charge is 2.17. The number of rotatable bonds is 6. The summed E-state index contributed by atoms with van der Waals surface area (Å²) in [7, 11) is 4.72. The summed E-state index contributed by atoms with van der Waals surface area (Å²) in [5, 5.41) is 3.80. The molecule has 0 aliphatic heterocycles. The Morgan fingerprint density at radius 1 is 0.964 bits per heavy atom. The minimum Gasteiger partial charge on any atom is -0.496 e. The molecule has 0 saturated carbocycles. The Kier molecular flexibility index (Phi) is 5.68. The fourth-order valence-corrected chi connectivity index (χ4v) is 3.18. The largest absolute Gasteiger partial charge is 0.496 e. The van der Waals surface area contributed by atoms with Gasteiger partial charge in [0, 0.05) is 23.2 Å². The first-order valence-electron chi connectivity index (χ1n) is 8.92. The van der Waals surface area contributed by atoms with Gasteiger partial charge in [-0.25, -0.2) is 0 Å². The lowest BCUT2D eigenvalue weighted by molar-refractivity contribution is 0.0952. The Balaban J connectivity index is 1.93. The lowest BCUT2D eigenvalue weighted by Crippen LogP contribution is -2.24. The molecule has 2 aromatic carbocycles. The summed E-state index contributed by atoms with van der Waals surface area (Å²) >= 11 is 0. The van der Waals surface area contributed by atoms with Crippen LogP contribution in [0.1, 0.15) is 27.2 Å². The van der Waals surface area contributed by atoms with Crippen molar-refractivity contribution >= 4 is 16.8 Å². The first-order valence-corrected chi connectivity index (χ1v) is 8.92. The Morgan fingerprint density at radius 3 is 2.25 bits per heavy atom. The van der Waals surface area contributed by atoms with Crippen LogP contribution in [0.2, 0.25) is 0 Å². The Bertz CT molecular complexity index is 1010. The van der Waals surface area contributed by atoms with Gasteiger partial charge in [0.25, 0.3) is 5.91 Å². The minimum atomic E-state index is -0.180. The Labute approximate surface area is 164 Å². The summed E-state index contributed by atoms with van der Waals surface area (Å²) in [6.45, 7) is 4.13. The van der Waals surface area contributed by atoms with E-state index in [0.29, 0.717) is 22.8 Å². The number of carbonyl (C=O) groups excluding carboxylic acids is 1. The number of nitrogens with one attached hydrogen (secondary N) is 1.